The lowest BCUT2D eigenvalue weighted by Crippen LogP contribution is -2.27. The molecule has 0 radical (unpaired) electrons. The Morgan fingerprint density at radius 2 is 1.86 bits per heavy atom. The van der Waals surface area contributed by atoms with E-state index in [4.69, 9.17) is 11.6 Å². The lowest BCUT2D eigenvalue weighted by atomic mass is 10.3. The highest BCUT2D eigenvalue weighted by Crippen LogP contribution is 2.30. The zero-order valence-corrected chi connectivity index (χ0v) is 12.8. The van der Waals surface area contributed by atoms with Crippen molar-refractivity contribution >= 4 is 33.0 Å². The van der Waals surface area contributed by atoms with Crippen molar-refractivity contribution in [2.75, 3.05) is 11.4 Å². The van der Waals surface area contributed by atoms with Gasteiger partial charge in [-0.25, -0.2) is 12.8 Å². The molecule has 0 bridgehead atoms. The highest BCUT2D eigenvalue weighted by atomic mass is 35.5. The van der Waals surface area contributed by atoms with Crippen molar-refractivity contribution in [1.82, 2.24) is 0 Å². The molecular formula is C13H10ClFN2O4S. The van der Waals surface area contributed by atoms with E-state index >= 15 is 0 Å². The van der Waals surface area contributed by atoms with Gasteiger partial charge in [0.15, 0.2) is 5.82 Å². The third kappa shape index (κ3) is 2.88. The third-order valence-electron chi connectivity index (χ3n) is 2.96. The van der Waals surface area contributed by atoms with Crippen LogP contribution in [0.25, 0.3) is 0 Å². The van der Waals surface area contributed by atoms with Gasteiger partial charge < -0.3 is 0 Å². The number of sulfonamides is 1. The average molecular weight is 345 g/mol. The number of nitrogens with zero attached hydrogens (tertiary/aromatic N) is 2. The summed E-state index contributed by atoms with van der Waals surface area (Å²) in [5.41, 5.74) is -0.782. The van der Waals surface area contributed by atoms with Crippen LogP contribution < -0.4 is 4.31 Å². The zero-order valence-electron chi connectivity index (χ0n) is 11.2. The van der Waals surface area contributed by atoms with Crippen molar-refractivity contribution in [3.63, 3.8) is 0 Å². The molecule has 0 saturated heterocycles. The Labute approximate surface area is 130 Å². The Balaban J connectivity index is 2.50. The monoisotopic (exact) mass is 344 g/mol. The number of hydrogen-bond acceptors (Lipinski definition) is 4. The second kappa shape index (κ2) is 5.90. The molecule has 0 aromatic heterocycles. The molecule has 6 nitrogen and oxygen atoms in total. The normalized spacial score (nSPS) is 11.2. The Bertz CT molecular complexity index is 842. The number of nitro groups is 1. The van der Waals surface area contributed by atoms with E-state index in [0.29, 0.717) is 10.4 Å². The molecule has 0 atom stereocenters. The predicted octanol–water partition coefficient (Wildman–Crippen LogP) is 3.21. The lowest BCUT2D eigenvalue weighted by Gasteiger charge is -2.20. The molecule has 2 aromatic rings. The van der Waals surface area contributed by atoms with E-state index in [9.17, 15) is 22.9 Å². The predicted molar refractivity (Wildman–Crippen MR) is 80.1 cm³/mol. The first kappa shape index (κ1) is 16.2. The molecule has 0 unspecified atom stereocenters. The number of nitro benzene ring substituents is 1. The molecule has 2 aromatic carbocycles. The van der Waals surface area contributed by atoms with E-state index < -0.39 is 26.5 Å². The fourth-order valence-corrected chi connectivity index (χ4v) is 3.49. The van der Waals surface area contributed by atoms with Gasteiger partial charge in [-0.1, -0.05) is 23.7 Å². The molecular weight excluding hydrogens is 335 g/mol. The first-order valence-electron chi connectivity index (χ1n) is 5.92. The number of hydrogen-bond donors (Lipinski definition) is 0. The average Bonchev–Trinajstić information content (AvgIpc) is 2.46. The van der Waals surface area contributed by atoms with Gasteiger partial charge in [0.25, 0.3) is 15.7 Å². The summed E-state index contributed by atoms with van der Waals surface area (Å²) in [6, 6.07) is 8.45. The molecule has 0 spiro atoms. The molecule has 2 rings (SSSR count). The molecule has 0 N–H and O–H groups in total. The molecule has 0 aliphatic carbocycles. The van der Waals surface area contributed by atoms with E-state index in [0.717, 1.165) is 19.2 Å². The molecule has 0 aliphatic rings. The van der Waals surface area contributed by atoms with Crippen LogP contribution in [0.1, 0.15) is 0 Å². The number of rotatable bonds is 4. The maximum absolute atomic E-state index is 14.0. The van der Waals surface area contributed by atoms with Crippen LogP contribution in [0.4, 0.5) is 15.8 Å². The van der Waals surface area contributed by atoms with Gasteiger partial charge in [-0.15, -0.1) is 0 Å². The number of anilines is 1. The van der Waals surface area contributed by atoms with Crippen LogP contribution in [0, 0.1) is 15.9 Å². The fraction of sp³-hybridized carbons (Fsp3) is 0.0769. The summed E-state index contributed by atoms with van der Waals surface area (Å²) >= 11 is 5.86. The minimum absolute atomic E-state index is 0.00308. The van der Waals surface area contributed by atoms with Crippen LogP contribution in [0.15, 0.2) is 47.4 Å². The summed E-state index contributed by atoms with van der Waals surface area (Å²) in [7, 11) is -2.94. The zero-order chi connectivity index (χ0) is 16.5. The van der Waals surface area contributed by atoms with Crippen LogP contribution in [-0.4, -0.2) is 20.4 Å². The van der Waals surface area contributed by atoms with Gasteiger partial charge in [-0.3, -0.25) is 14.4 Å². The van der Waals surface area contributed by atoms with Crippen molar-refractivity contribution in [3.8, 4) is 0 Å². The number of benzene rings is 2. The van der Waals surface area contributed by atoms with Gasteiger partial charge in [0, 0.05) is 13.1 Å². The van der Waals surface area contributed by atoms with Crippen molar-refractivity contribution in [2.24, 2.45) is 0 Å². The van der Waals surface area contributed by atoms with Crippen LogP contribution in [0.3, 0.4) is 0 Å². The quantitative estimate of drug-likeness (QED) is 0.630. The van der Waals surface area contributed by atoms with Crippen LogP contribution >= 0.6 is 11.6 Å². The summed E-state index contributed by atoms with van der Waals surface area (Å²) in [5, 5.41) is 10.6. The number of halogens is 2. The molecule has 0 saturated carbocycles. The SMILES string of the molecule is CN(c1ccc([N+](=O)[O-])cc1F)S(=O)(=O)c1ccccc1Cl. The molecule has 22 heavy (non-hydrogen) atoms. The van der Waals surface area contributed by atoms with Gasteiger partial charge in [-0.05, 0) is 18.2 Å². The Morgan fingerprint density at radius 3 is 2.41 bits per heavy atom. The molecule has 0 heterocycles. The smallest absolute Gasteiger partial charge is 0.266 e. The van der Waals surface area contributed by atoms with Gasteiger partial charge in [0.05, 0.1) is 21.7 Å². The van der Waals surface area contributed by atoms with Crippen molar-refractivity contribution in [1.29, 1.82) is 0 Å². The topological polar surface area (TPSA) is 80.5 Å². The minimum Gasteiger partial charge on any atom is -0.266 e. The second-order valence-electron chi connectivity index (χ2n) is 4.30. The molecule has 9 heteroatoms. The Kier molecular flexibility index (Phi) is 4.34. The molecule has 116 valence electrons. The molecule has 0 amide bonds. The van der Waals surface area contributed by atoms with E-state index in [1.165, 1.54) is 18.2 Å². The largest absolute Gasteiger partial charge is 0.272 e. The van der Waals surface area contributed by atoms with Crippen LogP contribution in [0.2, 0.25) is 5.02 Å². The maximum Gasteiger partial charge on any atom is 0.272 e. The van der Waals surface area contributed by atoms with E-state index in [1.807, 2.05) is 0 Å². The second-order valence-corrected chi connectivity index (χ2v) is 6.64. The Hall–Kier alpha value is -2.19. The first-order chi connectivity index (χ1) is 10.2. The van der Waals surface area contributed by atoms with Crippen molar-refractivity contribution in [3.05, 3.63) is 63.4 Å². The Morgan fingerprint density at radius 1 is 1.23 bits per heavy atom. The highest BCUT2D eigenvalue weighted by Gasteiger charge is 2.26. The van der Waals surface area contributed by atoms with Gasteiger partial charge in [0.1, 0.15) is 4.90 Å². The first-order valence-corrected chi connectivity index (χ1v) is 7.74. The summed E-state index contributed by atoms with van der Waals surface area (Å²) in [6.45, 7) is 0. The summed E-state index contributed by atoms with van der Waals surface area (Å²) in [4.78, 5) is 9.64. The third-order valence-corrected chi connectivity index (χ3v) is 5.23. The number of non-ortho nitro benzene ring substituents is 1. The van der Waals surface area contributed by atoms with Gasteiger partial charge >= 0.3 is 0 Å². The standard InChI is InChI=1S/C13H10ClFN2O4S/c1-16(12-7-6-9(17(18)19)8-11(12)15)22(20,21)13-5-3-2-4-10(13)14/h2-8H,1H3. The van der Waals surface area contributed by atoms with E-state index in [1.54, 1.807) is 6.07 Å². The van der Waals surface area contributed by atoms with E-state index in [2.05, 4.69) is 0 Å². The summed E-state index contributed by atoms with van der Waals surface area (Å²) < 4.78 is 39.6. The minimum atomic E-state index is -4.09. The van der Waals surface area contributed by atoms with Gasteiger partial charge in [0.2, 0.25) is 0 Å². The molecule has 0 aliphatic heterocycles. The van der Waals surface area contributed by atoms with Crippen molar-refractivity contribution < 1.29 is 17.7 Å². The van der Waals surface area contributed by atoms with Crippen LogP contribution in [-0.2, 0) is 10.0 Å². The summed E-state index contributed by atoms with van der Waals surface area (Å²) in [6.07, 6.45) is 0. The summed E-state index contributed by atoms with van der Waals surface area (Å²) in [5.74, 6) is -1.02. The lowest BCUT2D eigenvalue weighted by molar-refractivity contribution is -0.385. The van der Waals surface area contributed by atoms with Crippen LogP contribution in [0.5, 0.6) is 0 Å². The fourth-order valence-electron chi connectivity index (χ4n) is 1.80. The van der Waals surface area contributed by atoms with E-state index in [-0.39, 0.29) is 15.6 Å². The highest BCUT2D eigenvalue weighted by molar-refractivity contribution is 7.93. The maximum atomic E-state index is 14.0. The van der Waals surface area contributed by atoms with Crippen molar-refractivity contribution in [2.45, 2.75) is 4.90 Å². The molecule has 0 fully saturated rings. The van der Waals surface area contributed by atoms with Gasteiger partial charge in [-0.2, -0.15) is 0 Å².